The summed E-state index contributed by atoms with van der Waals surface area (Å²) in [5.74, 6) is 1.29. The molecule has 4 nitrogen and oxygen atoms in total. The average molecular weight is 296 g/mol. The molecule has 0 unspecified atom stereocenters. The van der Waals surface area contributed by atoms with Crippen molar-refractivity contribution < 1.29 is 4.74 Å². The summed E-state index contributed by atoms with van der Waals surface area (Å²) in [5, 5.41) is 8.96. The molecule has 0 amide bonds. The molecule has 114 valence electrons. The van der Waals surface area contributed by atoms with Crippen molar-refractivity contribution in [3.8, 4) is 23.1 Å². The van der Waals surface area contributed by atoms with Gasteiger partial charge in [0.1, 0.15) is 17.4 Å². The monoisotopic (exact) mass is 296 g/mol. The van der Waals surface area contributed by atoms with Crippen LogP contribution in [0.2, 0.25) is 0 Å². The smallest absolute Gasteiger partial charge is 0.268 e. The summed E-state index contributed by atoms with van der Waals surface area (Å²) in [6.45, 7) is 7.30. The quantitative estimate of drug-likeness (QED) is 0.849. The Hall–Kier alpha value is -2.54. The Labute approximate surface area is 130 Å². The number of nitrogens with zero attached hydrogens (tertiary/aromatic N) is 2. The fourth-order valence-electron chi connectivity index (χ4n) is 2.21. The molecule has 0 bridgehead atoms. The van der Waals surface area contributed by atoms with Crippen LogP contribution < -0.4 is 10.3 Å². The molecular formula is C18H20N2O2. The van der Waals surface area contributed by atoms with Gasteiger partial charge in [-0.3, -0.25) is 4.79 Å². The number of benzene rings is 1. The lowest BCUT2D eigenvalue weighted by Crippen LogP contribution is -2.23. The van der Waals surface area contributed by atoms with E-state index < -0.39 is 0 Å². The molecule has 0 saturated heterocycles. The second-order valence-corrected chi connectivity index (χ2v) is 5.52. The zero-order chi connectivity index (χ0) is 16.1. The zero-order valence-electron chi connectivity index (χ0n) is 13.2. The van der Waals surface area contributed by atoms with Crippen molar-refractivity contribution >= 4 is 0 Å². The number of hydrogen-bond acceptors (Lipinski definition) is 3. The number of ether oxygens (including phenoxy) is 1. The van der Waals surface area contributed by atoms with Gasteiger partial charge < -0.3 is 9.30 Å². The molecule has 2 aromatic rings. The molecule has 0 fully saturated rings. The minimum Gasteiger partial charge on any atom is -0.493 e. The molecule has 0 atom stereocenters. The minimum atomic E-state index is -0.248. The molecule has 0 saturated carbocycles. The molecule has 22 heavy (non-hydrogen) atoms. The summed E-state index contributed by atoms with van der Waals surface area (Å²) < 4.78 is 7.28. The highest BCUT2D eigenvalue weighted by molar-refractivity contribution is 5.61. The Balaban J connectivity index is 2.35. The highest BCUT2D eigenvalue weighted by atomic mass is 16.5. The van der Waals surface area contributed by atoms with Gasteiger partial charge in [0.05, 0.1) is 12.3 Å². The molecule has 0 radical (unpaired) electrons. The third-order valence-corrected chi connectivity index (χ3v) is 3.34. The lowest BCUT2D eigenvalue weighted by atomic mass is 10.1. The molecule has 0 N–H and O–H groups in total. The maximum atomic E-state index is 12.2. The van der Waals surface area contributed by atoms with Crippen LogP contribution in [0.15, 0.2) is 41.2 Å². The van der Waals surface area contributed by atoms with E-state index in [2.05, 4.69) is 13.8 Å². The maximum absolute atomic E-state index is 12.2. The van der Waals surface area contributed by atoms with Gasteiger partial charge in [0.15, 0.2) is 0 Å². The second-order valence-electron chi connectivity index (χ2n) is 5.52. The number of hydrogen-bond donors (Lipinski definition) is 0. The van der Waals surface area contributed by atoms with Crippen molar-refractivity contribution in [3.63, 3.8) is 0 Å². The van der Waals surface area contributed by atoms with Crippen molar-refractivity contribution in [3.05, 3.63) is 52.3 Å². The van der Waals surface area contributed by atoms with Gasteiger partial charge >= 0.3 is 0 Å². The first kappa shape index (κ1) is 15.8. The van der Waals surface area contributed by atoms with Gasteiger partial charge in [-0.1, -0.05) is 13.8 Å². The molecular weight excluding hydrogens is 276 g/mol. The van der Waals surface area contributed by atoms with Crippen molar-refractivity contribution in [2.45, 2.75) is 27.3 Å². The molecule has 4 heteroatoms. The van der Waals surface area contributed by atoms with E-state index in [0.717, 1.165) is 17.0 Å². The Morgan fingerprint density at radius 2 is 1.86 bits per heavy atom. The predicted octanol–water partition coefficient (Wildman–Crippen LogP) is 3.44. The average Bonchev–Trinajstić information content (AvgIpc) is 2.53. The zero-order valence-corrected chi connectivity index (χ0v) is 13.2. The van der Waals surface area contributed by atoms with Gasteiger partial charge in [0.25, 0.3) is 5.56 Å². The topological polar surface area (TPSA) is 55.0 Å². The standard InChI is InChI=1S/C18H20N2O2/c1-4-20-17(10-7-15(11-19)18(20)21)14-5-8-16(9-6-14)22-12-13(2)3/h5-10,13H,4,12H2,1-3H3. The molecule has 1 heterocycles. The van der Waals surface area contributed by atoms with E-state index in [0.29, 0.717) is 19.1 Å². The second kappa shape index (κ2) is 6.95. The highest BCUT2D eigenvalue weighted by Crippen LogP contribution is 2.22. The first-order valence-electron chi connectivity index (χ1n) is 7.44. The number of aromatic nitrogens is 1. The Bertz CT molecular complexity index is 737. The van der Waals surface area contributed by atoms with E-state index >= 15 is 0 Å². The Kier molecular flexibility index (Phi) is 5.00. The third kappa shape index (κ3) is 3.37. The van der Waals surface area contributed by atoms with Gasteiger partial charge in [-0.2, -0.15) is 5.26 Å². The van der Waals surface area contributed by atoms with Crippen molar-refractivity contribution in [1.82, 2.24) is 4.57 Å². The Morgan fingerprint density at radius 1 is 1.18 bits per heavy atom. The molecule has 0 aliphatic heterocycles. The van der Waals surface area contributed by atoms with Crippen LogP contribution in [0.5, 0.6) is 5.75 Å². The number of rotatable bonds is 5. The summed E-state index contributed by atoms with van der Waals surface area (Å²) in [6.07, 6.45) is 0. The van der Waals surface area contributed by atoms with E-state index in [1.807, 2.05) is 43.3 Å². The first-order valence-corrected chi connectivity index (χ1v) is 7.44. The van der Waals surface area contributed by atoms with Gasteiger partial charge in [-0.15, -0.1) is 0 Å². The van der Waals surface area contributed by atoms with E-state index in [1.165, 1.54) is 0 Å². The molecule has 2 rings (SSSR count). The summed E-state index contributed by atoms with van der Waals surface area (Å²) in [6, 6.07) is 13.0. The molecule has 1 aromatic heterocycles. The number of pyridine rings is 1. The third-order valence-electron chi connectivity index (χ3n) is 3.34. The van der Waals surface area contributed by atoms with Gasteiger partial charge in [0.2, 0.25) is 0 Å². The first-order chi connectivity index (χ1) is 10.6. The predicted molar refractivity (Wildman–Crippen MR) is 86.9 cm³/mol. The lowest BCUT2D eigenvalue weighted by molar-refractivity contribution is 0.271. The number of nitriles is 1. The van der Waals surface area contributed by atoms with Crippen LogP contribution in [-0.2, 0) is 6.54 Å². The fourth-order valence-corrected chi connectivity index (χ4v) is 2.21. The van der Waals surface area contributed by atoms with Crippen molar-refractivity contribution in [2.75, 3.05) is 6.61 Å². The Morgan fingerprint density at radius 3 is 2.41 bits per heavy atom. The van der Waals surface area contributed by atoms with Gasteiger partial charge in [0, 0.05) is 6.54 Å². The van der Waals surface area contributed by atoms with Crippen LogP contribution in [0.3, 0.4) is 0 Å². The summed E-state index contributed by atoms with van der Waals surface area (Å²) in [4.78, 5) is 12.2. The van der Waals surface area contributed by atoms with Crippen LogP contribution in [0.25, 0.3) is 11.3 Å². The van der Waals surface area contributed by atoms with E-state index in [9.17, 15) is 4.79 Å². The minimum absolute atomic E-state index is 0.169. The van der Waals surface area contributed by atoms with Gasteiger partial charge in [-0.05, 0) is 54.8 Å². The molecule has 0 aliphatic carbocycles. The maximum Gasteiger partial charge on any atom is 0.268 e. The summed E-state index contributed by atoms with van der Waals surface area (Å²) in [7, 11) is 0. The van der Waals surface area contributed by atoms with Crippen molar-refractivity contribution in [1.29, 1.82) is 5.26 Å². The highest BCUT2D eigenvalue weighted by Gasteiger charge is 2.09. The van der Waals surface area contributed by atoms with Crippen LogP contribution >= 0.6 is 0 Å². The van der Waals surface area contributed by atoms with Crippen molar-refractivity contribution in [2.24, 2.45) is 5.92 Å². The molecule has 0 spiro atoms. The molecule has 0 aliphatic rings. The van der Waals surface area contributed by atoms with E-state index in [4.69, 9.17) is 10.00 Å². The van der Waals surface area contributed by atoms with Crippen LogP contribution in [0.4, 0.5) is 0 Å². The van der Waals surface area contributed by atoms with E-state index in [1.54, 1.807) is 10.6 Å². The van der Waals surface area contributed by atoms with Gasteiger partial charge in [-0.25, -0.2) is 0 Å². The summed E-state index contributed by atoms with van der Waals surface area (Å²) in [5.41, 5.74) is 1.66. The van der Waals surface area contributed by atoms with E-state index in [-0.39, 0.29) is 11.1 Å². The lowest BCUT2D eigenvalue weighted by Gasteiger charge is -2.13. The normalized spacial score (nSPS) is 10.5. The van der Waals surface area contributed by atoms with Crippen LogP contribution in [-0.4, -0.2) is 11.2 Å². The molecule has 1 aromatic carbocycles. The fraction of sp³-hybridized carbons (Fsp3) is 0.333. The van der Waals surface area contributed by atoms with Crippen LogP contribution in [0, 0.1) is 17.2 Å². The van der Waals surface area contributed by atoms with Crippen LogP contribution in [0.1, 0.15) is 26.3 Å². The SMILES string of the molecule is CCn1c(-c2ccc(OCC(C)C)cc2)ccc(C#N)c1=O. The summed E-state index contributed by atoms with van der Waals surface area (Å²) >= 11 is 0. The largest absolute Gasteiger partial charge is 0.493 e.